The van der Waals surface area contributed by atoms with Crippen molar-refractivity contribution < 1.29 is 0 Å². The number of nitrogens with zero attached hydrogens (tertiary/aromatic N) is 3. The van der Waals surface area contributed by atoms with Crippen LogP contribution in [0.4, 0.5) is 0 Å². The highest BCUT2D eigenvalue weighted by Crippen LogP contribution is 2.33. The summed E-state index contributed by atoms with van der Waals surface area (Å²) >= 11 is 0. The van der Waals surface area contributed by atoms with Gasteiger partial charge in [0, 0.05) is 31.5 Å². The molecule has 0 aromatic carbocycles. The van der Waals surface area contributed by atoms with Gasteiger partial charge < -0.3 is 5.32 Å². The Labute approximate surface area is 122 Å². The minimum absolute atomic E-state index is 0.367. The van der Waals surface area contributed by atoms with Crippen LogP contribution in [0, 0.1) is 12.8 Å². The van der Waals surface area contributed by atoms with Crippen LogP contribution >= 0.6 is 0 Å². The van der Waals surface area contributed by atoms with Crippen LogP contribution in [0.2, 0.25) is 0 Å². The molecule has 1 saturated heterocycles. The Morgan fingerprint density at radius 2 is 2.05 bits per heavy atom. The van der Waals surface area contributed by atoms with Gasteiger partial charge in [-0.05, 0) is 52.0 Å². The van der Waals surface area contributed by atoms with E-state index in [-0.39, 0.29) is 0 Å². The van der Waals surface area contributed by atoms with E-state index < -0.39 is 0 Å². The summed E-state index contributed by atoms with van der Waals surface area (Å²) in [6, 6.07) is 1.03. The summed E-state index contributed by atoms with van der Waals surface area (Å²) < 4.78 is 0. The van der Waals surface area contributed by atoms with Gasteiger partial charge in [0.05, 0.1) is 17.4 Å². The van der Waals surface area contributed by atoms with Crippen molar-refractivity contribution in [2.75, 3.05) is 19.6 Å². The first-order valence-corrected chi connectivity index (χ1v) is 7.99. The van der Waals surface area contributed by atoms with Gasteiger partial charge in [0.15, 0.2) is 0 Å². The summed E-state index contributed by atoms with van der Waals surface area (Å²) in [5, 5.41) is 3.62. The van der Waals surface area contributed by atoms with Crippen molar-refractivity contribution in [1.82, 2.24) is 20.2 Å². The molecule has 2 atom stereocenters. The quantitative estimate of drug-likeness (QED) is 0.864. The molecule has 3 rings (SSSR count). The van der Waals surface area contributed by atoms with Crippen molar-refractivity contribution in [3.63, 3.8) is 0 Å². The monoisotopic (exact) mass is 274 g/mol. The van der Waals surface area contributed by atoms with Crippen molar-refractivity contribution in [1.29, 1.82) is 0 Å². The van der Waals surface area contributed by atoms with E-state index in [1.165, 1.54) is 38.8 Å². The van der Waals surface area contributed by atoms with Crippen molar-refractivity contribution in [3.05, 3.63) is 23.8 Å². The molecule has 110 valence electrons. The summed E-state index contributed by atoms with van der Waals surface area (Å²) in [6.07, 6.45) is 9.05. The number of hydrogen-bond acceptors (Lipinski definition) is 4. The van der Waals surface area contributed by atoms with Crippen LogP contribution in [0.15, 0.2) is 12.4 Å². The molecule has 1 aliphatic heterocycles. The third-order valence-corrected chi connectivity index (χ3v) is 4.67. The maximum absolute atomic E-state index is 4.58. The van der Waals surface area contributed by atoms with Crippen molar-refractivity contribution in [2.24, 2.45) is 5.92 Å². The van der Waals surface area contributed by atoms with E-state index in [2.05, 4.69) is 34.0 Å². The van der Waals surface area contributed by atoms with E-state index in [0.29, 0.717) is 12.1 Å². The molecular weight excluding hydrogens is 248 g/mol. The van der Waals surface area contributed by atoms with Crippen LogP contribution < -0.4 is 5.32 Å². The van der Waals surface area contributed by atoms with Gasteiger partial charge in [-0.2, -0.15) is 0 Å². The van der Waals surface area contributed by atoms with E-state index in [0.717, 1.165) is 23.9 Å². The first kappa shape index (κ1) is 14.0. The zero-order valence-corrected chi connectivity index (χ0v) is 12.7. The Kier molecular flexibility index (Phi) is 4.32. The molecule has 4 heteroatoms. The molecule has 1 N–H and O–H groups in total. The second-order valence-electron chi connectivity index (χ2n) is 6.39. The van der Waals surface area contributed by atoms with E-state index in [4.69, 9.17) is 0 Å². The predicted molar refractivity (Wildman–Crippen MR) is 80.5 cm³/mol. The SMILES string of the molecule is Cc1nccnc1C(C)N(CC1CC1)CC1CCCN1. The molecule has 0 amide bonds. The fourth-order valence-electron chi connectivity index (χ4n) is 3.22. The highest BCUT2D eigenvalue weighted by Gasteiger charge is 2.30. The molecule has 1 aromatic heterocycles. The van der Waals surface area contributed by atoms with Crippen LogP contribution in [0.1, 0.15) is 50.0 Å². The molecule has 2 unspecified atom stereocenters. The summed E-state index contributed by atoms with van der Waals surface area (Å²) in [6.45, 7) is 7.90. The zero-order valence-electron chi connectivity index (χ0n) is 12.7. The Bertz CT molecular complexity index is 438. The largest absolute Gasteiger partial charge is 0.313 e. The van der Waals surface area contributed by atoms with Gasteiger partial charge >= 0.3 is 0 Å². The van der Waals surface area contributed by atoms with Crippen LogP contribution in [0.3, 0.4) is 0 Å². The third-order valence-electron chi connectivity index (χ3n) is 4.67. The first-order chi connectivity index (χ1) is 9.74. The fraction of sp³-hybridized carbons (Fsp3) is 0.750. The standard InChI is InChI=1S/C16H26N4/c1-12-16(19-9-8-17-12)13(2)20(10-14-5-6-14)11-15-4-3-7-18-15/h8-9,13-15,18H,3-7,10-11H2,1-2H3. The Morgan fingerprint density at radius 3 is 2.70 bits per heavy atom. The maximum atomic E-state index is 4.58. The average molecular weight is 274 g/mol. The second kappa shape index (κ2) is 6.19. The lowest BCUT2D eigenvalue weighted by molar-refractivity contribution is 0.180. The molecule has 2 heterocycles. The smallest absolute Gasteiger partial charge is 0.0784 e. The molecule has 2 fully saturated rings. The van der Waals surface area contributed by atoms with Crippen molar-refractivity contribution in [2.45, 2.75) is 51.6 Å². The second-order valence-corrected chi connectivity index (χ2v) is 6.39. The average Bonchev–Trinajstić information content (AvgIpc) is 3.11. The number of aryl methyl sites for hydroxylation is 1. The molecule has 4 nitrogen and oxygen atoms in total. The number of aromatic nitrogens is 2. The van der Waals surface area contributed by atoms with E-state index in [9.17, 15) is 0 Å². The lowest BCUT2D eigenvalue weighted by atomic mass is 10.1. The molecule has 0 bridgehead atoms. The maximum Gasteiger partial charge on any atom is 0.0784 e. The highest BCUT2D eigenvalue weighted by atomic mass is 15.2. The lowest BCUT2D eigenvalue weighted by Gasteiger charge is -2.31. The topological polar surface area (TPSA) is 41.1 Å². The predicted octanol–water partition coefficient (Wildman–Crippen LogP) is 2.31. The van der Waals surface area contributed by atoms with Crippen LogP contribution in [0.25, 0.3) is 0 Å². The van der Waals surface area contributed by atoms with E-state index >= 15 is 0 Å². The number of rotatable bonds is 6. The molecule has 1 aromatic rings. The minimum Gasteiger partial charge on any atom is -0.313 e. The molecular formula is C16H26N4. The normalized spacial score (nSPS) is 24.2. The Hall–Kier alpha value is -1.00. The molecule has 20 heavy (non-hydrogen) atoms. The van der Waals surface area contributed by atoms with Gasteiger partial charge in [0.1, 0.15) is 0 Å². The third kappa shape index (κ3) is 3.36. The lowest BCUT2D eigenvalue weighted by Crippen LogP contribution is -2.40. The Morgan fingerprint density at radius 1 is 1.25 bits per heavy atom. The van der Waals surface area contributed by atoms with Gasteiger partial charge in [0.25, 0.3) is 0 Å². The van der Waals surface area contributed by atoms with Crippen molar-refractivity contribution >= 4 is 0 Å². The van der Waals surface area contributed by atoms with Crippen LogP contribution in [-0.2, 0) is 0 Å². The summed E-state index contributed by atoms with van der Waals surface area (Å²) in [4.78, 5) is 11.6. The highest BCUT2D eigenvalue weighted by molar-refractivity contribution is 5.13. The number of hydrogen-bond donors (Lipinski definition) is 1. The van der Waals surface area contributed by atoms with Gasteiger partial charge in [-0.3, -0.25) is 14.9 Å². The number of nitrogens with one attached hydrogen (secondary N) is 1. The van der Waals surface area contributed by atoms with Gasteiger partial charge in [-0.25, -0.2) is 0 Å². The van der Waals surface area contributed by atoms with E-state index in [1.807, 2.05) is 6.20 Å². The molecule has 0 radical (unpaired) electrons. The zero-order chi connectivity index (χ0) is 13.9. The summed E-state index contributed by atoms with van der Waals surface area (Å²) in [5.74, 6) is 0.913. The van der Waals surface area contributed by atoms with Crippen LogP contribution in [0.5, 0.6) is 0 Å². The molecule has 1 aliphatic carbocycles. The summed E-state index contributed by atoms with van der Waals surface area (Å²) in [7, 11) is 0. The molecule has 2 aliphatic rings. The molecule has 1 saturated carbocycles. The molecule has 0 spiro atoms. The van der Waals surface area contributed by atoms with E-state index in [1.54, 1.807) is 6.20 Å². The fourth-order valence-corrected chi connectivity index (χ4v) is 3.22. The van der Waals surface area contributed by atoms with Gasteiger partial charge in [-0.1, -0.05) is 0 Å². The first-order valence-electron chi connectivity index (χ1n) is 7.99. The van der Waals surface area contributed by atoms with Gasteiger partial charge in [-0.15, -0.1) is 0 Å². The van der Waals surface area contributed by atoms with Crippen molar-refractivity contribution in [3.8, 4) is 0 Å². The van der Waals surface area contributed by atoms with Crippen LogP contribution in [-0.4, -0.2) is 40.5 Å². The summed E-state index contributed by atoms with van der Waals surface area (Å²) in [5.41, 5.74) is 2.21. The minimum atomic E-state index is 0.367. The van der Waals surface area contributed by atoms with Gasteiger partial charge in [0.2, 0.25) is 0 Å². The Balaban J connectivity index is 1.71.